The smallest absolute Gasteiger partial charge is 0.222 e. The van der Waals surface area contributed by atoms with Crippen LogP contribution in [0.3, 0.4) is 0 Å². The third kappa shape index (κ3) is 3.56. The number of hydrogen-bond acceptors (Lipinski definition) is 7. The molecule has 27 heavy (non-hydrogen) atoms. The number of aromatic nitrogens is 6. The van der Waals surface area contributed by atoms with Crippen LogP contribution < -0.4 is 10.6 Å². The summed E-state index contributed by atoms with van der Waals surface area (Å²) in [6.07, 6.45) is 3.16. The minimum Gasteiger partial charge on any atom is -0.338 e. The third-order valence-corrected chi connectivity index (χ3v) is 3.72. The molecule has 0 saturated carbocycles. The fourth-order valence-corrected chi connectivity index (χ4v) is 2.60. The average Bonchev–Trinajstić information content (AvgIpc) is 3.10. The van der Waals surface area contributed by atoms with Crippen molar-refractivity contribution in [1.82, 2.24) is 29.9 Å². The summed E-state index contributed by atoms with van der Waals surface area (Å²) in [5, 5.41) is 5.87. The molecule has 1 amide bonds. The van der Waals surface area contributed by atoms with Crippen LogP contribution in [-0.4, -0.2) is 35.8 Å². The van der Waals surface area contributed by atoms with Gasteiger partial charge in [0.15, 0.2) is 22.8 Å². The van der Waals surface area contributed by atoms with Gasteiger partial charge >= 0.3 is 0 Å². The van der Waals surface area contributed by atoms with Crippen LogP contribution in [0, 0.1) is 6.92 Å². The van der Waals surface area contributed by atoms with Crippen LogP contribution in [0.2, 0.25) is 0 Å². The Balaban J connectivity index is 1.75. The predicted molar refractivity (Wildman–Crippen MR) is 101 cm³/mol. The lowest BCUT2D eigenvalue weighted by Gasteiger charge is -2.09. The Hall–Kier alpha value is -3.88. The van der Waals surface area contributed by atoms with Crippen molar-refractivity contribution in [2.45, 2.75) is 13.8 Å². The second kappa shape index (κ2) is 6.79. The molecule has 4 aromatic rings. The van der Waals surface area contributed by atoms with Crippen molar-refractivity contribution >= 4 is 34.4 Å². The van der Waals surface area contributed by atoms with E-state index < -0.39 is 0 Å². The molecule has 0 saturated heterocycles. The number of nitrogens with one attached hydrogen (secondary N) is 3. The standard InChI is InChI=1S/C18H16N8O/c1-10-4-3-5-13(22-10)16-25-17-15(20-9-21-17)18(26-16)24-12-6-7-19-14(8-12)23-11(2)27/h3-9H,1-2H3,(H3,19,20,21,23,24,25,26,27). The molecule has 3 N–H and O–H groups in total. The molecule has 0 radical (unpaired) electrons. The van der Waals surface area contributed by atoms with Crippen LogP contribution in [-0.2, 0) is 4.79 Å². The number of hydrogen-bond donors (Lipinski definition) is 3. The Bertz CT molecular complexity index is 1140. The number of carbonyl (C=O) groups excluding carboxylic acids is 1. The van der Waals surface area contributed by atoms with Gasteiger partial charge < -0.3 is 15.6 Å². The molecule has 0 fully saturated rings. The highest BCUT2D eigenvalue weighted by molar-refractivity contribution is 5.89. The van der Waals surface area contributed by atoms with Gasteiger partial charge in [-0.1, -0.05) is 6.07 Å². The molecule has 0 aliphatic carbocycles. The Morgan fingerprint density at radius 3 is 2.81 bits per heavy atom. The maximum Gasteiger partial charge on any atom is 0.222 e. The van der Waals surface area contributed by atoms with Crippen LogP contribution >= 0.6 is 0 Å². The fraction of sp³-hybridized carbons (Fsp3) is 0.111. The predicted octanol–water partition coefficient (Wildman–Crippen LogP) is 2.82. The molecule has 0 unspecified atom stereocenters. The molecule has 9 nitrogen and oxygen atoms in total. The SMILES string of the molecule is CC(=O)Nc1cc(Nc2nc(-c3cccc(C)n3)nc3[nH]cnc23)ccn1. The molecule has 9 heteroatoms. The number of nitrogens with zero attached hydrogens (tertiary/aromatic N) is 5. The molecule has 0 aromatic carbocycles. The summed E-state index contributed by atoms with van der Waals surface area (Å²) >= 11 is 0. The zero-order chi connectivity index (χ0) is 18.8. The highest BCUT2D eigenvalue weighted by Crippen LogP contribution is 2.25. The van der Waals surface area contributed by atoms with Crippen molar-refractivity contribution in [2.75, 3.05) is 10.6 Å². The normalized spacial score (nSPS) is 10.7. The van der Waals surface area contributed by atoms with Gasteiger partial charge in [-0.15, -0.1) is 0 Å². The van der Waals surface area contributed by atoms with Gasteiger partial charge in [-0.25, -0.2) is 24.9 Å². The lowest BCUT2D eigenvalue weighted by molar-refractivity contribution is -0.114. The largest absolute Gasteiger partial charge is 0.338 e. The number of carbonyl (C=O) groups is 1. The van der Waals surface area contributed by atoms with E-state index in [4.69, 9.17) is 0 Å². The van der Waals surface area contributed by atoms with Gasteiger partial charge in [-0.2, -0.15) is 0 Å². The van der Waals surface area contributed by atoms with Crippen molar-refractivity contribution in [2.24, 2.45) is 0 Å². The molecule has 0 bridgehead atoms. The van der Waals surface area contributed by atoms with Crippen LogP contribution in [0.5, 0.6) is 0 Å². The van der Waals surface area contributed by atoms with Crippen molar-refractivity contribution in [1.29, 1.82) is 0 Å². The van der Waals surface area contributed by atoms with Crippen LogP contribution in [0.1, 0.15) is 12.6 Å². The van der Waals surface area contributed by atoms with Crippen molar-refractivity contribution in [3.8, 4) is 11.5 Å². The molecular formula is C18H16N8O. The number of aryl methyl sites for hydroxylation is 1. The Kier molecular flexibility index (Phi) is 4.17. The number of rotatable bonds is 4. The third-order valence-electron chi connectivity index (χ3n) is 3.72. The number of fused-ring (bicyclic) bond motifs is 1. The molecule has 134 valence electrons. The first kappa shape index (κ1) is 16.6. The first-order valence-electron chi connectivity index (χ1n) is 8.24. The number of pyridine rings is 2. The van der Waals surface area contributed by atoms with Crippen LogP contribution in [0.4, 0.5) is 17.3 Å². The highest BCUT2D eigenvalue weighted by Gasteiger charge is 2.13. The van der Waals surface area contributed by atoms with E-state index in [1.54, 1.807) is 24.7 Å². The number of H-pyrrole nitrogens is 1. The van der Waals surface area contributed by atoms with Gasteiger partial charge in [-0.05, 0) is 25.1 Å². The van der Waals surface area contributed by atoms with Gasteiger partial charge in [0.25, 0.3) is 0 Å². The van der Waals surface area contributed by atoms with E-state index in [0.29, 0.717) is 40.0 Å². The summed E-state index contributed by atoms with van der Waals surface area (Å²) in [4.78, 5) is 36.2. The maximum absolute atomic E-state index is 11.2. The van der Waals surface area contributed by atoms with Crippen molar-refractivity contribution < 1.29 is 4.79 Å². The van der Waals surface area contributed by atoms with E-state index in [0.717, 1.165) is 5.69 Å². The zero-order valence-corrected chi connectivity index (χ0v) is 14.7. The summed E-state index contributed by atoms with van der Waals surface area (Å²) in [5.41, 5.74) is 3.46. The van der Waals surface area contributed by atoms with E-state index in [1.807, 2.05) is 25.1 Å². The average molecular weight is 360 g/mol. The number of imidazole rings is 1. The molecule has 0 atom stereocenters. The minimum atomic E-state index is -0.191. The van der Waals surface area contributed by atoms with E-state index in [2.05, 4.69) is 40.5 Å². The molecule has 4 heterocycles. The Morgan fingerprint density at radius 2 is 2.00 bits per heavy atom. The molecule has 0 aliphatic rings. The number of anilines is 3. The maximum atomic E-state index is 11.2. The van der Waals surface area contributed by atoms with Crippen LogP contribution in [0.15, 0.2) is 42.9 Å². The van der Waals surface area contributed by atoms with Gasteiger partial charge in [0.2, 0.25) is 5.91 Å². The zero-order valence-electron chi connectivity index (χ0n) is 14.7. The van der Waals surface area contributed by atoms with E-state index >= 15 is 0 Å². The molecule has 4 rings (SSSR count). The lowest BCUT2D eigenvalue weighted by atomic mass is 10.3. The summed E-state index contributed by atoms with van der Waals surface area (Å²) in [6, 6.07) is 9.17. The van der Waals surface area contributed by atoms with Crippen molar-refractivity contribution in [3.63, 3.8) is 0 Å². The summed E-state index contributed by atoms with van der Waals surface area (Å²) in [7, 11) is 0. The topological polar surface area (TPSA) is 121 Å². The van der Waals surface area contributed by atoms with Crippen molar-refractivity contribution in [3.05, 3.63) is 48.5 Å². The van der Waals surface area contributed by atoms with Gasteiger partial charge in [0.05, 0.1) is 6.33 Å². The van der Waals surface area contributed by atoms with E-state index in [1.165, 1.54) is 6.92 Å². The monoisotopic (exact) mass is 360 g/mol. The van der Waals surface area contributed by atoms with Gasteiger partial charge in [-0.3, -0.25) is 4.79 Å². The van der Waals surface area contributed by atoms with Gasteiger partial charge in [0.1, 0.15) is 11.5 Å². The second-order valence-corrected chi connectivity index (χ2v) is 5.90. The summed E-state index contributed by atoms with van der Waals surface area (Å²) in [5.74, 6) is 1.26. The minimum absolute atomic E-state index is 0.191. The van der Waals surface area contributed by atoms with Gasteiger partial charge in [0, 0.05) is 30.6 Å². The number of amides is 1. The molecule has 0 spiro atoms. The molecule has 4 aromatic heterocycles. The van der Waals surface area contributed by atoms with Crippen LogP contribution in [0.25, 0.3) is 22.7 Å². The Labute approximate surface area is 154 Å². The number of aromatic amines is 1. The quantitative estimate of drug-likeness (QED) is 0.511. The molecular weight excluding hydrogens is 344 g/mol. The highest BCUT2D eigenvalue weighted by atomic mass is 16.1. The Morgan fingerprint density at radius 1 is 1.11 bits per heavy atom. The lowest BCUT2D eigenvalue weighted by Crippen LogP contribution is -2.07. The fourth-order valence-electron chi connectivity index (χ4n) is 2.60. The molecule has 0 aliphatic heterocycles. The first-order valence-corrected chi connectivity index (χ1v) is 8.24. The van der Waals surface area contributed by atoms with E-state index in [9.17, 15) is 4.79 Å². The summed E-state index contributed by atoms with van der Waals surface area (Å²) < 4.78 is 0. The second-order valence-electron chi connectivity index (χ2n) is 5.90. The first-order chi connectivity index (χ1) is 13.1. The van der Waals surface area contributed by atoms with E-state index in [-0.39, 0.29) is 5.91 Å². The summed E-state index contributed by atoms with van der Waals surface area (Å²) in [6.45, 7) is 3.35.